The molecule has 1 aliphatic carbocycles. The summed E-state index contributed by atoms with van der Waals surface area (Å²) in [6.07, 6.45) is 5.86. The largest absolute Gasteiger partial charge is 0.357 e. The van der Waals surface area contributed by atoms with Crippen molar-refractivity contribution in [2.45, 2.75) is 72.0 Å². The van der Waals surface area contributed by atoms with Gasteiger partial charge in [0.05, 0.1) is 6.54 Å². The molecule has 1 aromatic heterocycles. The monoisotopic (exact) mass is 365 g/mol. The van der Waals surface area contributed by atoms with E-state index in [2.05, 4.69) is 39.8 Å². The van der Waals surface area contributed by atoms with Gasteiger partial charge in [0, 0.05) is 35.6 Å². The van der Waals surface area contributed by atoms with Crippen molar-refractivity contribution in [2.24, 2.45) is 10.9 Å². The van der Waals surface area contributed by atoms with Crippen molar-refractivity contribution in [3.63, 3.8) is 0 Å². The summed E-state index contributed by atoms with van der Waals surface area (Å²) in [6.45, 7) is 9.52. The average molecular weight is 366 g/mol. The van der Waals surface area contributed by atoms with E-state index < -0.39 is 0 Å². The van der Waals surface area contributed by atoms with Gasteiger partial charge in [-0.1, -0.05) is 6.42 Å². The predicted octanol–water partition coefficient (Wildman–Crippen LogP) is 2.59. The van der Waals surface area contributed by atoms with Crippen molar-refractivity contribution in [1.29, 1.82) is 0 Å². The second kappa shape index (κ2) is 9.75. The molecule has 1 amide bonds. The molecule has 1 aromatic rings. The maximum absolute atomic E-state index is 12.3. The highest BCUT2D eigenvalue weighted by Crippen LogP contribution is 2.24. The zero-order valence-corrected chi connectivity index (χ0v) is 16.6. The minimum atomic E-state index is 0.0955. The summed E-state index contributed by atoms with van der Waals surface area (Å²) in [5.74, 6) is 1.09. The third kappa shape index (κ3) is 6.65. The number of guanidine groups is 1. The first-order valence-corrected chi connectivity index (χ1v) is 10.1. The van der Waals surface area contributed by atoms with Gasteiger partial charge in [-0.25, -0.2) is 9.98 Å². The Bertz CT molecular complexity index is 584. The van der Waals surface area contributed by atoms with E-state index in [1.54, 1.807) is 11.3 Å². The topological polar surface area (TPSA) is 78.4 Å². The molecule has 2 atom stereocenters. The zero-order valence-electron chi connectivity index (χ0n) is 15.8. The molecule has 2 rings (SSSR count). The second-order valence-electron chi connectivity index (χ2n) is 6.93. The lowest BCUT2D eigenvalue weighted by Crippen LogP contribution is -2.47. The van der Waals surface area contributed by atoms with Crippen LogP contribution in [0, 0.1) is 12.8 Å². The first kappa shape index (κ1) is 19.7. The van der Waals surface area contributed by atoms with E-state index in [1.165, 1.54) is 4.88 Å². The SMILES string of the molecule is CCNC(=NCc1ncc(C)s1)NC1CCCC(C(=O)NC(C)C)C1. The second-order valence-corrected chi connectivity index (χ2v) is 8.25. The maximum atomic E-state index is 12.3. The normalized spacial score (nSPS) is 21.2. The van der Waals surface area contributed by atoms with Gasteiger partial charge < -0.3 is 16.0 Å². The summed E-state index contributed by atoms with van der Waals surface area (Å²) < 4.78 is 0. The minimum Gasteiger partial charge on any atom is -0.357 e. The van der Waals surface area contributed by atoms with Crippen LogP contribution in [0.15, 0.2) is 11.2 Å². The van der Waals surface area contributed by atoms with Crippen LogP contribution in [0.4, 0.5) is 0 Å². The number of hydrogen-bond donors (Lipinski definition) is 3. The van der Waals surface area contributed by atoms with Crippen molar-refractivity contribution in [1.82, 2.24) is 20.9 Å². The van der Waals surface area contributed by atoms with Gasteiger partial charge >= 0.3 is 0 Å². The Kier molecular flexibility index (Phi) is 7.68. The van der Waals surface area contributed by atoms with Crippen molar-refractivity contribution in [3.05, 3.63) is 16.1 Å². The molecule has 3 N–H and O–H groups in total. The number of nitrogens with one attached hydrogen (secondary N) is 3. The summed E-state index contributed by atoms with van der Waals surface area (Å²) in [5, 5.41) is 10.9. The number of rotatable bonds is 6. The number of carbonyl (C=O) groups excluding carboxylic acids is 1. The van der Waals surface area contributed by atoms with Crippen molar-refractivity contribution < 1.29 is 4.79 Å². The van der Waals surface area contributed by atoms with Crippen molar-refractivity contribution in [3.8, 4) is 0 Å². The number of hydrogen-bond acceptors (Lipinski definition) is 4. The Labute approximate surface area is 154 Å². The van der Waals surface area contributed by atoms with Crippen molar-refractivity contribution in [2.75, 3.05) is 6.54 Å². The average Bonchev–Trinajstić information content (AvgIpc) is 2.98. The fraction of sp³-hybridized carbons (Fsp3) is 0.722. The molecule has 0 aliphatic heterocycles. The van der Waals surface area contributed by atoms with Crippen molar-refractivity contribution >= 4 is 23.2 Å². The minimum absolute atomic E-state index is 0.0955. The molecule has 140 valence electrons. The van der Waals surface area contributed by atoms with E-state index in [1.807, 2.05) is 20.0 Å². The van der Waals surface area contributed by atoms with Gasteiger partial charge in [0.25, 0.3) is 0 Å². The number of aryl methyl sites for hydroxylation is 1. The Hall–Kier alpha value is -1.63. The third-order valence-corrected chi connectivity index (χ3v) is 5.10. The molecule has 0 spiro atoms. The van der Waals surface area contributed by atoms with Gasteiger partial charge in [-0.15, -0.1) is 11.3 Å². The van der Waals surface area contributed by atoms with E-state index in [9.17, 15) is 4.79 Å². The highest BCUT2D eigenvalue weighted by Gasteiger charge is 2.27. The third-order valence-electron chi connectivity index (χ3n) is 4.20. The lowest BCUT2D eigenvalue weighted by atomic mass is 9.85. The summed E-state index contributed by atoms with van der Waals surface area (Å²) in [6, 6.07) is 0.481. The molecule has 1 fully saturated rings. The number of aliphatic imine (C=N–C) groups is 1. The van der Waals surface area contributed by atoms with Crippen LogP contribution in [-0.4, -0.2) is 35.5 Å². The molecule has 2 unspecified atom stereocenters. The Morgan fingerprint density at radius 2 is 2.24 bits per heavy atom. The first-order valence-electron chi connectivity index (χ1n) is 9.24. The summed E-state index contributed by atoms with van der Waals surface area (Å²) in [4.78, 5) is 22.5. The number of aromatic nitrogens is 1. The molecule has 1 saturated carbocycles. The van der Waals surface area contributed by atoms with E-state index in [0.717, 1.165) is 43.2 Å². The highest BCUT2D eigenvalue weighted by molar-refractivity contribution is 7.11. The molecule has 0 radical (unpaired) electrons. The molecule has 0 aromatic carbocycles. The standard InChI is InChI=1S/C18H31N5OS/c1-5-19-18(21-11-16-20-10-13(4)25-16)23-15-8-6-7-14(9-15)17(24)22-12(2)3/h10,12,14-15H,5-9,11H2,1-4H3,(H,22,24)(H2,19,21,23). The van der Waals surface area contributed by atoms with E-state index >= 15 is 0 Å². The number of thiazole rings is 1. The molecule has 25 heavy (non-hydrogen) atoms. The molecule has 0 saturated heterocycles. The maximum Gasteiger partial charge on any atom is 0.223 e. The zero-order chi connectivity index (χ0) is 18.2. The van der Waals surface area contributed by atoms with E-state index in [4.69, 9.17) is 0 Å². The number of nitrogens with zero attached hydrogens (tertiary/aromatic N) is 2. The summed E-state index contributed by atoms with van der Waals surface area (Å²) in [5.41, 5.74) is 0. The Morgan fingerprint density at radius 1 is 1.44 bits per heavy atom. The highest BCUT2D eigenvalue weighted by atomic mass is 32.1. The molecular weight excluding hydrogens is 334 g/mol. The van der Waals surface area contributed by atoms with Gasteiger partial charge in [0.1, 0.15) is 5.01 Å². The van der Waals surface area contributed by atoms with E-state index in [-0.39, 0.29) is 23.9 Å². The number of amides is 1. The predicted molar refractivity (Wildman–Crippen MR) is 104 cm³/mol. The van der Waals surface area contributed by atoms with Gasteiger partial charge in [0.15, 0.2) is 5.96 Å². The van der Waals surface area contributed by atoms with E-state index in [0.29, 0.717) is 6.54 Å². The van der Waals surface area contributed by atoms with Crippen LogP contribution in [-0.2, 0) is 11.3 Å². The van der Waals surface area contributed by atoms with Crippen LogP contribution in [0.25, 0.3) is 0 Å². The molecule has 6 nitrogen and oxygen atoms in total. The smallest absolute Gasteiger partial charge is 0.223 e. The lowest BCUT2D eigenvalue weighted by Gasteiger charge is -2.30. The number of carbonyl (C=O) groups is 1. The van der Waals surface area contributed by atoms with Crippen LogP contribution in [0.5, 0.6) is 0 Å². The molecular formula is C18H31N5OS. The van der Waals surface area contributed by atoms with Crippen LogP contribution >= 0.6 is 11.3 Å². The lowest BCUT2D eigenvalue weighted by molar-refractivity contribution is -0.126. The van der Waals surface area contributed by atoms with Crippen LogP contribution < -0.4 is 16.0 Å². The molecule has 0 bridgehead atoms. The molecule has 1 aliphatic rings. The Morgan fingerprint density at radius 3 is 2.88 bits per heavy atom. The van der Waals surface area contributed by atoms with Gasteiger partial charge in [-0.3, -0.25) is 4.79 Å². The van der Waals surface area contributed by atoms with Crippen LogP contribution in [0.3, 0.4) is 0 Å². The van der Waals surface area contributed by atoms with Gasteiger partial charge in [-0.05, 0) is 47.0 Å². The summed E-state index contributed by atoms with van der Waals surface area (Å²) in [7, 11) is 0. The fourth-order valence-electron chi connectivity index (χ4n) is 3.10. The Balaban J connectivity index is 1.92. The van der Waals surface area contributed by atoms with Crippen LogP contribution in [0.1, 0.15) is 56.3 Å². The quantitative estimate of drug-likeness (QED) is 0.535. The fourth-order valence-corrected chi connectivity index (χ4v) is 3.81. The first-order chi connectivity index (χ1) is 12.0. The van der Waals surface area contributed by atoms with Gasteiger partial charge in [0.2, 0.25) is 5.91 Å². The van der Waals surface area contributed by atoms with Gasteiger partial charge in [-0.2, -0.15) is 0 Å². The molecule has 7 heteroatoms. The molecule has 1 heterocycles. The summed E-state index contributed by atoms with van der Waals surface area (Å²) >= 11 is 1.68. The van der Waals surface area contributed by atoms with Crippen LogP contribution in [0.2, 0.25) is 0 Å².